The van der Waals surface area contributed by atoms with Crippen LogP contribution >= 0.6 is 24.0 Å². The molecular weight excluding hydrogens is 281 g/mol. The summed E-state index contributed by atoms with van der Waals surface area (Å²) in [6, 6.07) is 8.65. The van der Waals surface area contributed by atoms with Crippen LogP contribution in [0.5, 0.6) is 0 Å². The van der Waals surface area contributed by atoms with Gasteiger partial charge in [-0.3, -0.25) is 0 Å². The van der Waals surface area contributed by atoms with Gasteiger partial charge in [-0.05, 0) is 51.1 Å². The van der Waals surface area contributed by atoms with E-state index in [-0.39, 0.29) is 24.4 Å². The third-order valence-corrected chi connectivity index (χ3v) is 4.58. The summed E-state index contributed by atoms with van der Waals surface area (Å²) in [5.41, 5.74) is 1.57. The number of aliphatic hydroxyl groups excluding tert-OH is 1. The predicted octanol–water partition coefficient (Wildman–Crippen LogP) is 3.50. The van der Waals surface area contributed by atoms with Crippen LogP contribution in [0.4, 0.5) is 0 Å². The summed E-state index contributed by atoms with van der Waals surface area (Å²) >= 11 is 5.98. The van der Waals surface area contributed by atoms with Crippen LogP contribution in [-0.2, 0) is 5.41 Å². The standard InChI is InChI=1S/C15H22ClNO.ClH/c1-17(2)14(8-11-18)15(9-3-10-15)12-4-6-13(16)7-5-12;/h4-7,14,18H,3,8-11H2,1-2H3;1H. The number of hydrogen-bond acceptors (Lipinski definition) is 2. The molecule has 19 heavy (non-hydrogen) atoms. The van der Waals surface area contributed by atoms with Crippen molar-refractivity contribution in [1.82, 2.24) is 4.90 Å². The molecule has 1 fully saturated rings. The zero-order valence-electron chi connectivity index (χ0n) is 11.6. The van der Waals surface area contributed by atoms with E-state index in [1.54, 1.807) is 0 Å². The fourth-order valence-corrected chi connectivity index (χ4v) is 3.43. The molecule has 0 aromatic heterocycles. The van der Waals surface area contributed by atoms with Gasteiger partial charge in [0.25, 0.3) is 0 Å². The number of benzene rings is 1. The average Bonchev–Trinajstić information content (AvgIpc) is 2.28. The highest BCUT2D eigenvalue weighted by atomic mass is 35.5. The van der Waals surface area contributed by atoms with E-state index in [2.05, 4.69) is 31.1 Å². The Morgan fingerprint density at radius 2 is 1.84 bits per heavy atom. The van der Waals surface area contributed by atoms with Gasteiger partial charge in [0, 0.05) is 23.1 Å². The first-order valence-corrected chi connectivity index (χ1v) is 7.01. The number of rotatable bonds is 5. The summed E-state index contributed by atoms with van der Waals surface area (Å²) < 4.78 is 0. The first-order valence-electron chi connectivity index (χ1n) is 6.63. The molecule has 1 aromatic rings. The Kier molecular flexibility index (Phi) is 6.13. The molecule has 1 aliphatic carbocycles. The Bertz CT molecular complexity index is 388. The van der Waals surface area contributed by atoms with Gasteiger partial charge in [0.2, 0.25) is 0 Å². The molecule has 2 nitrogen and oxygen atoms in total. The molecule has 0 spiro atoms. The fourth-order valence-electron chi connectivity index (χ4n) is 3.30. The summed E-state index contributed by atoms with van der Waals surface area (Å²) in [6.07, 6.45) is 4.52. The van der Waals surface area contributed by atoms with Crippen LogP contribution in [0.2, 0.25) is 5.02 Å². The maximum atomic E-state index is 9.31. The third kappa shape index (κ3) is 3.25. The van der Waals surface area contributed by atoms with Gasteiger partial charge in [-0.15, -0.1) is 12.4 Å². The number of hydrogen-bond donors (Lipinski definition) is 1. The quantitative estimate of drug-likeness (QED) is 0.900. The lowest BCUT2D eigenvalue weighted by molar-refractivity contribution is 0.0750. The Morgan fingerprint density at radius 1 is 1.26 bits per heavy atom. The molecule has 0 bridgehead atoms. The number of nitrogens with zero attached hydrogens (tertiary/aromatic N) is 1. The van der Waals surface area contributed by atoms with E-state index >= 15 is 0 Å². The van der Waals surface area contributed by atoms with Crippen molar-refractivity contribution in [3.05, 3.63) is 34.9 Å². The SMILES string of the molecule is CN(C)C(CCO)C1(c2ccc(Cl)cc2)CCC1.Cl. The summed E-state index contributed by atoms with van der Waals surface area (Å²) in [6.45, 7) is 0.248. The first kappa shape index (κ1) is 16.8. The molecule has 4 heteroatoms. The van der Waals surface area contributed by atoms with E-state index in [9.17, 15) is 5.11 Å². The molecule has 1 N–H and O–H groups in total. The van der Waals surface area contributed by atoms with Crippen LogP contribution < -0.4 is 0 Å². The topological polar surface area (TPSA) is 23.5 Å². The molecular formula is C15H23Cl2NO. The van der Waals surface area contributed by atoms with E-state index < -0.39 is 0 Å². The highest BCUT2D eigenvalue weighted by molar-refractivity contribution is 6.30. The van der Waals surface area contributed by atoms with Crippen LogP contribution in [0.3, 0.4) is 0 Å². The van der Waals surface area contributed by atoms with Gasteiger partial charge in [-0.2, -0.15) is 0 Å². The summed E-state index contributed by atoms with van der Waals surface area (Å²) in [5.74, 6) is 0. The lowest BCUT2D eigenvalue weighted by Crippen LogP contribution is -2.52. The second-order valence-electron chi connectivity index (χ2n) is 5.51. The normalized spacial score (nSPS) is 18.6. The second kappa shape index (κ2) is 6.94. The van der Waals surface area contributed by atoms with Crippen molar-refractivity contribution in [2.24, 2.45) is 0 Å². The summed E-state index contributed by atoms with van der Waals surface area (Å²) in [5, 5.41) is 10.1. The molecule has 0 radical (unpaired) electrons. The maximum absolute atomic E-state index is 9.31. The Morgan fingerprint density at radius 3 is 2.21 bits per heavy atom. The predicted molar refractivity (Wildman–Crippen MR) is 83.4 cm³/mol. The summed E-state index contributed by atoms with van der Waals surface area (Å²) in [4.78, 5) is 2.25. The van der Waals surface area contributed by atoms with Crippen LogP contribution in [0.25, 0.3) is 0 Å². The molecule has 108 valence electrons. The van der Waals surface area contributed by atoms with Crippen molar-refractivity contribution in [3.63, 3.8) is 0 Å². The highest BCUT2D eigenvalue weighted by Gasteiger charge is 2.45. The van der Waals surface area contributed by atoms with Crippen LogP contribution in [0.15, 0.2) is 24.3 Å². The minimum absolute atomic E-state index is 0. The van der Waals surface area contributed by atoms with Gasteiger partial charge in [0.1, 0.15) is 0 Å². The molecule has 0 aliphatic heterocycles. The molecule has 0 heterocycles. The van der Waals surface area contributed by atoms with Crippen LogP contribution in [-0.4, -0.2) is 36.8 Å². The minimum atomic E-state index is 0. The van der Waals surface area contributed by atoms with Crippen LogP contribution in [0.1, 0.15) is 31.2 Å². The van der Waals surface area contributed by atoms with Gasteiger partial charge in [0.05, 0.1) is 0 Å². The Balaban J connectivity index is 0.00000180. The van der Waals surface area contributed by atoms with Crippen molar-refractivity contribution in [2.45, 2.75) is 37.1 Å². The largest absolute Gasteiger partial charge is 0.396 e. The van der Waals surface area contributed by atoms with Crippen molar-refractivity contribution in [3.8, 4) is 0 Å². The number of halogens is 2. The molecule has 0 saturated heterocycles. The van der Waals surface area contributed by atoms with Gasteiger partial charge in [0.15, 0.2) is 0 Å². The molecule has 1 unspecified atom stereocenters. The second-order valence-corrected chi connectivity index (χ2v) is 5.94. The summed E-state index contributed by atoms with van der Waals surface area (Å²) in [7, 11) is 4.21. The smallest absolute Gasteiger partial charge is 0.0446 e. The Labute approximate surface area is 127 Å². The van der Waals surface area contributed by atoms with Gasteiger partial charge < -0.3 is 10.0 Å². The van der Waals surface area contributed by atoms with E-state index in [0.29, 0.717) is 6.04 Å². The maximum Gasteiger partial charge on any atom is 0.0446 e. The third-order valence-electron chi connectivity index (χ3n) is 4.33. The van der Waals surface area contributed by atoms with E-state index in [1.165, 1.54) is 24.8 Å². The molecule has 1 aliphatic rings. The molecule has 2 rings (SSSR count). The Hall–Kier alpha value is -0.280. The first-order chi connectivity index (χ1) is 8.60. The zero-order valence-corrected chi connectivity index (χ0v) is 13.2. The van der Waals surface area contributed by atoms with Crippen LogP contribution in [0, 0.1) is 0 Å². The fraction of sp³-hybridized carbons (Fsp3) is 0.600. The lowest BCUT2D eigenvalue weighted by atomic mass is 9.59. The van der Waals surface area contributed by atoms with Crippen molar-refractivity contribution >= 4 is 24.0 Å². The van der Waals surface area contributed by atoms with E-state index in [4.69, 9.17) is 11.6 Å². The van der Waals surface area contributed by atoms with Gasteiger partial charge in [-0.1, -0.05) is 30.2 Å². The van der Waals surface area contributed by atoms with Gasteiger partial charge >= 0.3 is 0 Å². The van der Waals surface area contributed by atoms with Crippen molar-refractivity contribution < 1.29 is 5.11 Å². The average molecular weight is 304 g/mol. The lowest BCUT2D eigenvalue weighted by Gasteiger charge is -2.51. The molecule has 1 saturated carbocycles. The molecule has 0 amide bonds. The van der Waals surface area contributed by atoms with E-state index in [0.717, 1.165) is 11.4 Å². The minimum Gasteiger partial charge on any atom is -0.396 e. The monoisotopic (exact) mass is 303 g/mol. The number of aliphatic hydroxyl groups is 1. The van der Waals surface area contributed by atoms with Crippen molar-refractivity contribution in [2.75, 3.05) is 20.7 Å². The zero-order chi connectivity index (χ0) is 13.2. The molecule has 1 aromatic carbocycles. The number of likely N-dealkylation sites (N-methyl/N-ethyl adjacent to an activating group) is 1. The highest BCUT2D eigenvalue weighted by Crippen LogP contribution is 2.48. The van der Waals surface area contributed by atoms with Crippen molar-refractivity contribution in [1.29, 1.82) is 0 Å². The van der Waals surface area contributed by atoms with E-state index in [1.807, 2.05) is 12.1 Å². The van der Waals surface area contributed by atoms with Gasteiger partial charge in [-0.25, -0.2) is 0 Å². The molecule has 1 atom stereocenters.